The van der Waals surface area contributed by atoms with Gasteiger partial charge in [0, 0.05) is 90.7 Å². The minimum absolute atomic E-state index is 0.0489. The number of H-pyrrole nitrogens is 2. The summed E-state index contributed by atoms with van der Waals surface area (Å²) in [4.78, 5) is 167. The second-order valence-corrected chi connectivity index (χ2v) is 26.2. The van der Waals surface area contributed by atoms with Gasteiger partial charge in [-0.15, -0.1) is 0 Å². The van der Waals surface area contributed by atoms with Crippen molar-refractivity contribution in [2.24, 2.45) is 17.4 Å². The molecule has 2 aliphatic rings. The molecule has 8 rings (SSSR count). The number of ketones is 1. The van der Waals surface area contributed by atoms with E-state index in [9.17, 15) is 62.5 Å². The number of aromatic amines is 2. The first-order chi connectivity index (χ1) is 46.7. The fraction of sp³-hybridized carbons (Fsp3) is 0.412. The number of hydrogen-bond donors (Lipinski definition) is 13. The van der Waals surface area contributed by atoms with Gasteiger partial charge in [-0.1, -0.05) is 66.7 Å². The number of thioether (sulfide) groups is 2. The van der Waals surface area contributed by atoms with E-state index in [4.69, 9.17) is 11.5 Å². The van der Waals surface area contributed by atoms with Gasteiger partial charge in [0.15, 0.2) is 5.78 Å². The van der Waals surface area contributed by atoms with Gasteiger partial charge >= 0.3 is 5.97 Å². The van der Waals surface area contributed by atoms with E-state index in [1.807, 2.05) is 24.3 Å². The van der Waals surface area contributed by atoms with Gasteiger partial charge < -0.3 is 73.8 Å². The van der Waals surface area contributed by atoms with Crippen LogP contribution in [-0.2, 0) is 89.9 Å². The summed E-state index contributed by atoms with van der Waals surface area (Å²) in [5, 5.41) is 39.2. The number of phenolic OH excluding ortho intramolecular Hbond substituents is 1. The summed E-state index contributed by atoms with van der Waals surface area (Å²) in [6, 6.07) is 16.1. The molecule has 29 heteroatoms. The van der Waals surface area contributed by atoms with Gasteiger partial charge in [-0.05, 0) is 110 Å². The van der Waals surface area contributed by atoms with Gasteiger partial charge in [0.2, 0.25) is 53.2 Å². The van der Waals surface area contributed by atoms with E-state index >= 15 is 4.79 Å². The molecule has 1 saturated heterocycles. The number of carboxylic acids is 1. The van der Waals surface area contributed by atoms with E-state index in [2.05, 4.69) is 52.2 Å². The number of halogens is 1. The Morgan fingerprint density at radius 1 is 0.670 bits per heavy atom. The van der Waals surface area contributed by atoms with E-state index in [-0.39, 0.29) is 69.4 Å². The lowest BCUT2D eigenvalue weighted by molar-refractivity contribution is -0.142. The third-order valence-electron chi connectivity index (χ3n) is 16.7. The van der Waals surface area contributed by atoms with Crippen LogP contribution < -0.4 is 48.7 Å². The maximum absolute atomic E-state index is 15.0. The smallest absolute Gasteiger partial charge is 0.305 e. The highest BCUT2D eigenvalue weighted by atomic mass is 32.2. The number of benzene rings is 4. The van der Waals surface area contributed by atoms with Crippen LogP contribution in [0.2, 0.25) is 0 Å². The minimum Gasteiger partial charge on any atom is -0.508 e. The van der Waals surface area contributed by atoms with E-state index in [1.165, 1.54) is 89.6 Å². The molecule has 4 heterocycles. The highest BCUT2D eigenvalue weighted by Gasteiger charge is 2.41. The molecule has 4 aromatic carbocycles. The number of aryl methyl sites for hydroxylation is 1. The van der Waals surface area contributed by atoms with Gasteiger partial charge in [0.05, 0.1) is 31.3 Å². The number of fused-ring (bicyclic) bond motifs is 4. The fourth-order valence-electron chi connectivity index (χ4n) is 11.6. The lowest BCUT2D eigenvalue weighted by Crippen LogP contribution is -2.60. The molecule has 26 nitrogen and oxygen atoms in total. The van der Waals surface area contributed by atoms with Crippen LogP contribution in [0.5, 0.6) is 5.75 Å². The molecule has 0 radical (unpaired) electrons. The highest BCUT2D eigenvalue weighted by molar-refractivity contribution is 7.98. The standard InChI is InChI=1S/C68H82FN13O13S2/c69-46-17-21-50-49(30-46)44(33-73-50)28-53-65(92)80-55(32-61(87)88)67(94)79-54(31-47-34-72-39-75-47)66(93)81-56(27-41-14-18-48(83)19-15-41)68(95)82-24-7-13-57(82)58(84)29-45(62(71)89)38-97-37-43-11-6-10-42(26-43)36-96-25-22-59(85)76-51(12-4-5-23-70)63(90)74-35-60(86)77-52(64(91)78-53)20-16-40-8-2-1-3-9-40/h1-3,6,8-11,14-15,17-19,21,26,30,33-34,39,45,51-57,73,83H,4-5,7,12-13,16,20,22-25,27-29,31-32,35-38,70H2,(H2,71,89)(H,72,75)(H,74,90)(H,76,85)(H,77,86)(H,78,91)(H,79,94)(H,80,92)(H,81,93)(H,87,88)/t45-,51-,52-,53-,54-,55-,56-,57-/m0/s1. The number of carbonyl (C=O) groups is 11. The summed E-state index contributed by atoms with van der Waals surface area (Å²) < 4.78 is 14.9. The first-order valence-electron chi connectivity index (χ1n) is 32.1. The van der Waals surface area contributed by atoms with Gasteiger partial charge in [-0.3, -0.25) is 52.7 Å². The lowest BCUT2D eigenvalue weighted by atomic mass is 9.97. The predicted octanol–water partition coefficient (Wildman–Crippen LogP) is 2.65. The number of imidazole rings is 1. The minimum atomic E-state index is -1.98. The number of amides is 9. The Labute approximate surface area is 567 Å². The number of nitrogens with two attached hydrogens (primary N) is 2. The van der Waals surface area contributed by atoms with Crippen molar-refractivity contribution in [2.75, 3.05) is 31.1 Å². The molecular formula is C68H82FN13O13S2. The summed E-state index contributed by atoms with van der Waals surface area (Å²) in [6.07, 6.45) is 3.84. The van der Waals surface area contributed by atoms with Gasteiger partial charge in [-0.2, -0.15) is 23.5 Å². The van der Waals surface area contributed by atoms with Crippen LogP contribution in [0.3, 0.4) is 0 Å². The summed E-state index contributed by atoms with van der Waals surface area (Å²) in [6.45, 7) is -0.233. The molecule has 6 aromatic rings. The molecule has 1 fully saturated rings. The third kappa shape index (κ3) is 22.5. The number of carboxylic acid groups (broad SMARTS) is 1. The Morgan fingerprint density at radius 2 is 1.34 bits per heavy atom. The molecule has 2 aromatic heterocycles. The van der Waals surface area contributed by atoms with Crippen molar-refractivity contribution in [1.82, 2.24) is 57.1 Å². The van der Waals surface area contributed by atoms with Crippen LogP contribution in [-0.4, -0.2) is 168 Å². The topological polar surface area (TPSA) is 412 Å². The van der Waals surface area contributed by atoms with Crippen molar-refractivity contribution in [3.05, 3.63) is 155 Å². The average molecular weight is 1370 g/mol. The van der Waals surface area contributed by atoms with Crippen LogP contribution in [0.4, 0.5) is 4.39 Å². The van der Waals surface area contributed by atoms with Crippen molar-refractivity contribution in [3.8, 4) is 5.75 Å². The molecule has 0 unspecified atom stereocenters. The van der Waals surface area contributed by atoms with Crippen LogP contribution in [0.1, 0.15) is 91.3 Å². The third-order valence-corrected chi connectivity index (χ3v) is 18.9. The first kappa shape index (κ1) is 73.2. The van der Waals surface area contributed by atoms with Crippen LogP contribution in [0.25, 0.3) is 10.9 Å². The Kier molecular flexibility index (Phi) is 27.5. The van der Waals surface area contributed by atoms with Crippen molar-refractivity contribution >= 4 is 99.3 Å². The molecule has 0 spiro atoms. The zero-order valence-corrected chi connectivity index (χ0v) is 55.0. The average Bonchev–Trinajstić information content (AvgIpc) is 1.21. The molecule has 0 aliphatic carbocycles. The molecule has 2 bridgehead atoms. The van der Waals surface area contributed by atoms with Gasteiger partial charge in [0.25, 0.3) is 0 Å². The van der Waals surface area contributed by atoms with Crippen LogP contribution >= 0.6 is 23.5 Å². The zero-order valence-electron chi connectivity index (χ0n) is 53.4. The number of Topliss-reactive ketones (excluding diaryl/α,β-unsaturated/α-hetero) is 1. The number of nitrogens with zero attached hydrogens (tertiary/aromatic N) is 2. The largest absolute Gasteiger partial charge is 0.508 e. The SMILES string of the molecule is NCCCC[C@@H]1NC(=O)CCSCc2cccc(c2)CSC[C@@H](C(N)=O)CC(=O)[C@@H]2CCCN2C(=O)[C@H](Cc2ccc(O)cc2)NC(=O)[C@H](Cc2cnc[nH]2)NC(=O)[C@H](CC(=O)O)NC(=O)[C@H](Cc2c[nH]c3ccc(F)cc23)NC(=O)[C@H](CCc2ccccc2)NC(=O)CNC1=O. The predicted molar refractivity (Wildman–Crippen MR) is 361 cm³/mol. The number of aromatic hydroxyl groups is 1. The fourth-order valence-corrected chi connectivity index (χ4v) is 13.6. The Balaban J connectivity index is 1.12. The molecular weight excluding hydrogens is 1290 g/mol. The number of aromatic nitrogens is 3. The summed E-state index contributed by atoms with van der Waals surface area (Å²) in [5.74, 6) is -9.63. The zero-order chi connectivity index (χ0) is 69.4. The van der Waals surface area contributed by atoms with E-state index in [0.717, 1.165) is 16.7 Å². The van der Waals surface area contributed by atoms with Crippen molar-refractivity contribution < 1.29 is 67.3 Å². The molecule has 9 amide bonds. The van der Waals surface area contributed by atoms with E-state index < -0.39 is 138 Å². The van der Waals surface area contributed by atoms with Crippen LogP contribution in [0, 0.1) is 11.7 Å². The maximum atomic E-state index is 15.0. The first-order valence-corrected chi connectivity index (χ1v) is 34.4. The van der Waals surface area contributed by atoms with E-state index in [1.54, 1.807) is 30.3 Å². The molecule has 0 saturated carbocycles. The second-order valence-electron chi connectivity index (χ2n) is 24.1. The monoisotopic (exact) mass is 1370 g/mol. The number of carbonyl (C=O) groups excluding carboxylic acids is 10. The van der Waals surface area contributed by atoms with Crippen molar-refractivity contribution in [1.29, 1.82) is 0 Å². The number of rotatable bonds is 16. The van der Waals surface area contributed by atoms with Crippen LogP contribution in [0.15, 0.2) is 116 Å². The number of aliphatic carboxylic acids is 1. The van der Waals surface area contributed by atoms with E-state index in [0.29, 0.717) is 70.8 Å². The van der Waals surface area contributed by atoms with Crippen molar-refractivity contribution in [2.45, 2.75) is 137 Å². The molecule has 2 aliphatic heterocycles. The van der Waals surface area contributed by atoms with Gasteiger partial charge in [-0.25, -0.2) is 9.37 Å². The Hall–Kier alpha value is -9.61. The quantitative estimate of drug-likeness (QED) is 0.0620. The molecule has 15 N–H and O–H groups in total. The molecule has 97 heavy (non-hydrogen) atoms. The summed E-state index contributed by atoms with van der Waals surface area (Å²) in [5.41, 5.74) is 15.8. The summed E-state index contributed by atoms with van der Waals surface area (Å²) >= 11 is 2.89. The number of primary amides is 1. The number of nitrogens with one attached hydrogen (secondary N) is 9. The second kappa shape index (κ2) is 36.5. The Morgan fingerprint density at radius 3 is 2.04 bits per heavy atom. The Bertz CT molecular complexity index is 3730. The van der Waals surface area contributed by atoms with Crippen molar-refractivity contribution in [3.63, 3.8) is 0 Å². The number of phenols is 1. The number of unbranched alkanes of at least 4 members (excludes halogenated alkanes) is 1. The highest BCUT2D eigenvalue weighted by Crippen LogP contribution is 2.27. The lowest BCUT2D eigenvalue weighted by Gasteiger charge is -2.30. The summed E-state index contributed by atoms with van der Waals surface area (Å²) in [7, 11) is 0. The number of hydrogen-bond acceptors (Lipinski definition) is 16. The van der Waals surface area contributed by atoms with Gasteiger partial charge in [0.1, 0.15) is 47.8 Å². The molecule has 516 valence electrons. The normalized spacial score (nSPS) is 22.4. The maximum Gasteiger partial charge on any atom is 0.305 e. The molecule has 8 atom stereocenters.